The van der Waals surface area contributed by atoms with Crippen LogP contribution in [0.4, 0.5) is 5.13 Å². The summed E-state index contributed by atoms with van der Waals surface area (Å²) in [5.41, 5.74) is 3.72. The molecule has 0 fully saturated rings. The predicted octanol–water partition coefficient (Wildman–Crippen LogP) is 6.21. The summed E-state index contributed by atoms with van der Waals surface area (Å²) < 4.78 is 1.11. The molecule has 0 atom stereocenters. The average Bonchev–Trinajstić information content (AvgIpc) is 3.08. The van der Waals surface area contributed by atoms with Crippen molar-refractivity contribution in [3.8, 4) is 0 Å². The number of anilines is 1. The van der Waals surface area contributed by atoms with Crippen LogP contribution in [0.2, 0.25) is 10.0 Å². The Labute approximate surface area is 186 Å². The number of nitrogens with zero attached hydrogens (tertiary/aromatic N) is 3. The molecule has 0 radical (unpaired) electrons. The third-order valence-corrected chi connectivity index (χ3v) is 6.59. The molecule has 1 amide bonds. The van der Waals surface area contributed by atoms with E-state index < -0.39 is 0 Å². The summed E-state index contributed by atoms with van der Waals surface area (Å²) in [6.45, 7) is 11.5. The highest BCUT2D eigenvalue weighted by Crippen LogP contribution is 2.33. The Kier molecular flexibility index (Phi) is 7.17. The number of hydrogen-bond donors (Lipinski definition) is 0. The molecule has 0 saturated heterocycles. The zero-order chi connectivity index (χ0) is 21.1. The van der Waals surface area contributed by atoms with Gasteiger partial charge in [0.15, 0.2) is 5.13 Å². The summed E-state index contributed by atoms with van der Waals surface area (Å²) >= 11 is 13.8. The number of halogens is 2. The van der Waals surface area contributed by atoms with E-state index >= 15 is 0 Å². The first-order valence-electron chi connectivity index (χ1n) is 9.70. The molecule has 0 bridgehead atoms. The van der Waals surface area contributed by atoms with Gasteiger partial charge in [0.25, 0.3) is 5.91 Å². The molecule has 154 valence electrons. The fourth-order valence-electron chi connectivity index (χ4n) is 3.38. The SMILES string of the molecule is CCN(CC)CCN(C(=O)c1cc(Cl)cc(Cl)c1)c1nc2cc(C)cc(C)c2s1. The minimum Gasteiger partial charge on any atom is -0.302 e. The molecule has 7 heteroatoms. The van der Waals surface area contributed by atoms with Gasteiger partial charge in [0.05, 0.1) is 10.2 Å². The van der Waals surface area contributed by atoms with Crippen molar-refractivity contribution in [3.05, 3.63) is 57.1 Å². The average molecular weight is 450 g/mol. The van der Waals surface area contributed by atoms with Crippen molar-refractivity contribution in [2.24, 2.45) is 0 Å². The number of benzene rings is 2. The van der Waals surface area contributed by atoms with Crippen LogP contribution in [0.3, 0.4) is 0 Å². The van der Waals surface area contributed by atoms with E-state index in [-0.39, 0.29) is 5.91 Å². The van der Waals surface area contributed by atoms with E-state index in [1.54, 1.807) is 34.4 Å². The minimum absolute atomic E-state index is 0.144. The Morgan fingerprint density at radius 2 is 1.66 bits per heavy atom. The highest BCUT2D eigenvalue weighted by molar-refractivity contribution is 7.22. The van der Waals surface area contributed by atoms with Crippen LogP contribution in [0.15, 0.2) is 30.3 Å². The number of aromatic nitrogens is 1. The van der Waals surface area contributed by atoms with Crippen LogP contribution in [0.25, 0.3) is 10.2 Å². The largest absolute Gasteiger partial charge is 0.302 e. The molecule has 3 aromatic rings. The maximum Gasteiger partial charge on any atom is 0.260 e. The van der Waals surface area contributed by atoms with Crippen LogP contribution < -0.4 is 4.90 Å². The normalized spacial score (nSPS) is 11.4. The maximum absolute atomic E-state index is 13.4. The zero-order valence-corrected chi connectivity index (χ0v) is 19.5. The first-order valence-corrected chi connectivity index (χ1v) is 11.3. The predicted molar refractivity (Wildman–Crippen MR) is 125 cm³/mol. The molecule has 0 aliphatic heterocycles. The number of aryl methyl sites for hydroxylation is 2. The molecule has 1 aromatic heterocycles. The summed E-state index contributed by atoms with van der Waals surface area (Å²) in [4.78, 5) is 22.3. The Balaban J connectivity index is 2.02. The van der Waals surface area contributed by atoms with Gasteiger partial charge in [-0.05, 0) is 62.3 Å². The molecule has 3 rings (SSSR count). The zero-order valence-electron chi connectivity index (χ0n) is 17.1. The van der Waals surface area contributed by atoms with Gasteiger partial charge in [0.1, 0.15) is 0 Å². The second-order valence-electron chi connectivity index (χ2n) is 7.07. The second kappa shape index (κ2) is 9.43. The molecule has 0 spiro atoms. The summed E-state index contributed by atoms with van der Waals surface area (Å²) in [5, 5.41) is 1.59. The summed E-state index contributed by atoms with van der Waals surface area (Å²) in [7, 11) is 0. The highest BCUT2D eigenvalue weighted by atomic mass is 35.5. The molecule has 4 nitrogen and oxygen atoms in total. The van der Waals surface area contributed by atoms with Gasteiger partial charge in [-0.1, -0.05) is 54.5 Å². The van der Waals surface area contributed by atoms with E-state index in [4.69, 9.17) is 28.2 Å². The molecular formula is C22H25Cl2N3OS. The van der Waals surface area contributed by atoms with Gasteiger partial charge in [0.2, 0.25) is 0 Å². The molecule has 2 aromatic carbocycles. The van der Waals surface area contributed by atoms with Crippen LogP contribution in [-0.2, 0) is 0 Å². The van der Waals surface area contributed by atoms with Crippen molar-refractivity contribution in [2.75, 3.05) is 31.1 Å². The topological polar surface area (TPSA) is 36.4 Å². The molecule has 0 saturated carbocycles. The van der Waals surface area contributed by atoms with Crippen molar-refractivity contribution in [3.63, 3.8) is 0 Å². The lowest BCUT2D eigenvalue weighted by Crippen LogP contribution is -2.38. The van der Waals surface area contributed by atoms with Crippen molar-refractivity contribution < 1.29 is 4.79 Å². The second-order valence-corrected chi connectivity index (χ2v) is 8.92. The van der Waals surface area contributed by atoms with Crippen LogP contribution >= 0.6 is 34.5 Å². The smallest absolute Gasteiger partial charge is 0.260 e. The number of rotatable bonds is 7. The summed E-state index contributed by atoms with van der Waals surface area (Å²) in [5.74, 6) is -0.144. The molecule has 29 heavy (non-hydrogen) atoms. The van der Waals surface area contributed by atoms with Crippen LogP contribution in [0.5, 0.6) is 0 Å². The van der Waals surface area contributed by atoms with Gasteiger partial charge in [-0.15, -0.1) is 0 Å². The number of fused-ring (bicyclic) bond motifs is 1. The van der Waals surface area contributed by atoms with Gasteiger partial charge < -0.3 is 4.90 Å². The van der Waals surface area contributed by atoms with Gasteiger partial charge in [0, 0.05) is 28.7 Å². The van der Waals surface area contributed by atoms with Crippen molar-refractivity contribution in [1.29, 1.82) is 0 Å². The van der Waals surface area contributed by atoms with Gasteiger partial charge in [-0.3, -0.25) is 9.69 Å². The van der Waals surface area contributed by atoms with Gasteiger partial charge in [-0.25, -0.2) is 4.98 Å². The standard InChI is InChI=1S/C22H25Cl2N3OS/c1-5-26(6-2)7-8-27(21(28)16-11-17(23)13-18(24)12-16)22-25-19-10-14(3)9-15(4)20(19)29-22/h9-13H,5-8H2,1-4H3. The lowest BCUT2D eigenvalue weighted by atomic mass is 10.1. The number of carbonyl (C=O) groups is 1. The quantitative estimate of drug-likeness (QED) is 0.430. The highest BCUT2D eigenvalue weighted by Gasteiger charge is 2.23. The molecule has 1 heterocycles. The fourth-order valence-corrected chi connectivity index (χ4v) is 4.94. The molecule has 0 N–H and O–H groups in total. The molecular weight excluding hydrogens is 425 g/mol. The lowest BCUT2D eigenvalue weighted by Gasteiger charge is -2.25. The number of thiazole rings is 1. The van der Waals surface area contributed by atoms with Crippen LogP contribution in [0, 0.1) is 13.8 Å². The summed E-state index contributed by atoms with van der Waals surface area (Å²) in [6, 6.07) is 9.14. The molecule has 0 unspecified atom stereocenters. The number of carbonyl (C=O) groups excluding carboxylic acids is 1. The minimum atomic E-state index is -0.144. The van der Waals surface area contributed by atoms with Crippen LogP contribution in [-0.4, -0.2) is 42.0 Å². The number of amides is 1. The number of likely N-dealkylation sites (N-methyl/N-ethyl adjacent to an activating group) is 1. The summed E-state index contributed by atoms with van der Waals surface area (Å²) in [6.07, 6.45) is 0. The Morgan fingerprint density at radius 3 is 2.28 bits per heavy atom. The van der Waals surface area contributed by atoms with E-state index in [1.165, 1.54) is 5.56 Å². The monoisotopic (exact) mass is 449 g/mol. The number of hydrogen-bond acceptors (Lipinski definition) is 4. The third kappa shape index (κ3) is 5.10. The van der Waals surface area contributed by atoms with E-state index in [2.05, 4.69) is 44.7 Å². The van der Waals surface area contributed by atoms with E-state index in [0.717, 1.165) is 35.4 Å². The first-order chi connectivity index (χ1) is 13.8. The molecule has 0 aliphatic rings. The lowest BCUT2D eigenvalue weighted by molar-refractivity contribution is 0.0984. The van der Waals surface area contributed by atoms with Crippen molar-refractivity contribution in [2.45, 2.75) is 27.7 Å². The van der Waals surface area contributed by atoms with E-state index in [0.29, 0.717) is 27.3 Å². The molecule has 0 aliphatic carbocycles. The van der Waals surface area contributed by atoms with Gasteiger partial charge >= 0.3 is 0 Å². The fraction of sp³-hybridized carbons (Fsp3) is 0.364. The Morgan fingerprint density at radius 1 is 1.00 bits per heavy atom. The Bertz CT molecular complexity index is 1010. The van der Waals surface area contributed by atoms with Crippen LogP contribution in [0.1, 0.15) is 35.3 Å². The van der Waals surface area contributed by atoms with E-state index in [9.17, 15) is 4.79 Å². The van der Waals surface area contributed by atoms with Crippen molar-refractivity contribution in [1.82, 2.24) is 9.88 Å². The van der Waals surface area contributed by atoms with Crippen molar-refractivity contribution >= 4 is 55.8 Å². The van der Waals surface area contributed by atoms with Gasteiger partial charge in [-0.2, -0.15) is 0 Å². The first kappa shape index (κ1) is 22.0. The Hall–Kier alpha value is -1.66. The maximum atomic E-state index is 13.4. The van der Waals surface area contributed by atoms with E-state index in [1.807, 2.05) is 0 Å². The third-order valence-electron chi connectivity index (χ3n) is 4.93.